The normalized spacial score (nSPS) is 14.4. The summed E-state index contributed by atoms with van der Waals surface area (Å²) in [7, 11) is -3.69. The van der Waals surface area contributed by atoms with Crippen LogP contribution >= 0.6 is 11.6 Å². The van der Waals surface area contributed by atoms with E-state index in [4.69, 9.17) is 11.6 Å². The lowest BCUT2D eigenvalue weighted by Gasteiger charge is -2.17. The van der Waals surface area contributed by atoms with Gasteiger partial charge in [0.2, 0.25) is 11.8 Å². The third kappa shape index (κ3) is 4.31. The molecule has 6 nitrogen and oxygen atoms in total. The number of rotatable bonds is 5. The van der Waals surface area contributed by atoms with Crippen LogP contribution in [0.4, 0.5) is 11.4 Å². The van der Waals surface area contributed by atoms with E-state index in [1.165, 1.54) is 19.9 Å². The zero-order valence-electron chi connectivity index (χ0n) is 16.5. The third-order valence-electron chi connectivity index (χ3n) is 5.20. The Morgan fingerprint density at radius 3 is 2.66 bits per heavy atom. The van der Waals surface area contributed by atoms with Crippen LogP contribution in [0.1, 0.15) is 31.4 Å². The van der Waals surface area contributed by atoms with Gasteiger partial charge in [0.25, 0.3) is 0 Å². The van der Waals surface area contributed by atoms with Crippen molar-refractivity contribution in [2.24, 2.45) is 0 Å². The average Bonchev–Trinajstić information content (AvgIpc) is 3.09. The first-order valence-electron chi connectivity index (χ1n) is 9.31. The number of carbonyl (C=O) groups excluding carboxylic acids is 2. The quantitative estimate of drug-likeness (QED) is 0.776. The van der Waals surface area contributed by atoms with Crippen LogP contribution in [-0.4, -0.2) is 32.0 Å². The Bertz CT molecular complexity index is 1080. The van der Waals surface area contributed by atoms with Gasteiger partial charge in [-0.05, 0) is 61.7 Å². The number of anilines is 2. The Morgan fingerprint density at radius 1 is 1.24 bits per heavy atom. The van der Waals surface area contributed by atoms with Crippen molar-refractivity contribution in [2.75, 3.05) is 16.8 Å². The first-order chi connectivity index (χ1) is 13.6. The monoisotopic (exact) mass is 434 g/mol. The molecule has 0 unspecified atom stereocenters. The molecule has 3 rings (SSSR count). The molecule has 0 bridgehead atoms. The van der Waals surface area contributed by atoms with E-state index in [-0.39, 0.29) is 17.2 Å². The van der Waals surface area contributed by atoms with Gasteiger partial charge in [0, 0.05) is 36.3 Å². The number of benzene rings is 2. The number of nitrogens with zero attached hydrogens (tertiary/aromatic N) is 1. The lowest BCUT2D eigenvalue weighted by Crippen LogP contribution is -2.26. The van der Waals surface area contributed by atoms with Crippen molar-refractivity contribution in [2.45, 2.75) is 43.8 Å². The Morgan fingerprint density at radius 2 is 1.97 bits per heavy atom. The van der Waals surface area contributed by atoms with Crippen molar-refractivity contribution < 1.29 is 18.0 Å². The van der Waals surface area contributed by atoms with Gasteiger partial charge in [0.1, 0.15) is 0 Å². The summed E-state index contributed by atoms with van der Waals surface area (Å²) in [6.45, 7) is 5.34. The number of sulfone groups is 1. The summed E-state index contributed by atoms with van der Waals surface area (Å²) < 4.78 is 25.9. The van der Waals surface area contributed by atoms with Crippen molar-refractivity contribution in [3.63, 3.8) is 0 Å². The Labute approximate surface area is 175 Å². The molecule has 0 saturated heterocycles. The van der Waals surface area contributed by atoms with Crippen LogP contribution in [0.2, 0.25) is 5.02 Å². The van der Waals surface area contributed by atoms with Crippen LogP contribution < -0.4 is 10.2 Å². The van der Waals surface area contributed by atoms with Gasteiger partial charge in [0.15, 0.2) is 9.84 Å². The molecule has 0 saturated carbocycles. The van der Waals surface area contributed by atoms with Gasteiger partial charge < -0.3 is 10.2 Å². The molecular formula is C21H23ClN2O4S. The van der Waals surface area contributed by atoms with Gasteiger partial charge in [-0.15, -0.1) is 0 Å². The number of carbonyl (C=O) groups is 2. The minimum absolute atomic E-state index is 0.0688. The largest absolute Gasteiger partial charge is 0.326 e. The molecule has 2 aromatic carbocycles. The van der Waals surface area contributed by atoms with Gasteiger partial charge in [0.05, 0.1) is 10.1 Å². The molecule has 1 atom stereocenters. The van der Waals surface area contributed by atoms with E-state index in [1.807, 2.05) is 0 Å². The summed E-state index contributed by atoms with van der Waals surface area (Å²) >= 11 is 6.06. The second-order valence-electron chi connectivity index (χ2n) is 7.23. The molecule has 1 aliphatic rings. The van der Waals surface area contributed by atoms with E-state index < -0.39 is 21.0 Å². The highest BCUT2D eigenvalue weighted by atomic mass is 35.5. The molecular weight excluding hydrogens is 412 g/mol. The molecule has 0 fully saturated rings. The van der Waals surface area contributed by atoms with Crippen molar-refractivity contribution in [3.8, 4) is 0 Å². The molecule has 1 aliphatic heterocycles. The standard InChI is InChI=1S/C21H23ClN2O4S/c1-13(11-21(26)23-19-6-4-5-18(22)14(19)2)29(27,28)17-7-8-20-16(12-17)9-10-24(20)15(3)25/h4-8,12-13H,9-11H2,1-3H3,(H,23,26)/t13-/m0/s1. The molecule has 0 aromatic heterocycles. The van der Waals surface area contributed by atoms with Crippen LogP contribution in [0.3, 0.4) is 0 Å². The van der Waals surface area contributed by atoms with Crippen LogP contribution in [0.5, 0.6) is 0 Å². The van der Waals surface area contributed by atoms with Crippen LogP contribution in [0.25, 0.3) is 0 Å². The summed E-state index contributed by atoms with van der Waals surface area (Å²) in [5, 5.41) is 2.36. The summed E-state index contributed by atoms with van der Waals surface area (Å²) in [4.78, 5) is 25.9. The van der Waals surface area contributed by atoms with Gasteiger partial charge in [-0.25, -0.2) is 8.42 Å². The molecule has 1 heterocycles. The zero-order valence-corrected chi connectivity index (χ0v) is 18.1. The maximum atomic E-state index is 13.0. The van der Waals surface area contributed by atoms with Crippen molar-refractivity contribution in [1.29, 1.82) is 0 Å². The molecule has 29 heavy (non-hydrogen) atoms. The SMILES string of the molecule is CC(=O)N1CCc2cc(S(=O)(=O)[C@@H](C)CC(=O)Nc3cccc(Cl)c3C)ccc21. The Hall–Kier alpha value is -2.38. The highest BCUT2D eigenvalue weighted by molar-refractivity contribution is 7.92. The molecule has 0 radical (unpaired) electrons. The van der Waals surface area contributed by atoms with E-state index in [0.29, 0.717) is 23.7 Å². The highest BCUT2D eigenvalue weighted by Crippen LogP contribution is 2.32. The number of hydrogen-bond acceptors (Lipinski definition) is 4. The molecule has 8 heteroatoms. The molecule has 2 aromatic rings. The van der Waals surface area contributed by atoms with Crippen molar-refractivity contribution >= 4 is 44.6 Å². The number of halogens is 1. The fourth-order valence-electron chi connectivity index (χ4n) is 3.43. The fourth-order valence-corrected chi connectivity index (χ4v) is 5.00. The molecule has 154 valence electrons. The smallest absolute Gasteiger partial charge is 0.225 e. The van der Waals surface area contributed by atoms with Crippen molar-refractivity contribution in [3.05, 3.63) is 52.5 Å². The van der Waals surface area contributed by atoms with E-state index in [1.54, 1.807) is 42.2 Å². The number of hydrogen-bond donors (Lipinski definition) is 1. The number of amides is 2. The van der Waals surface area contributed by atoms with E-state index >= 15 is 0 Å². The van der Waals surface area contributed by atoms with E-state index in [0.717, 1.165) is 16.8 Å². The second-order valence-corrected chi connectivity index (χ2v) is 10.0. The molecule has 0 spiro atoms. The first-order valence-corrected chi connectivity index (χ1v) is 11.2. The molecule has 0 aliphatic carbocycles. The minimum Gasteiger partial charge on any atom is -0.326 e. The summed E-state index contributed by atoms with van der Waals surface area (Å²) in [6, 6.07) is 9.95. The molecule has 1 N–H and O–H groups in total. The summed E-state index contributed by atoms with van der Waals surface area (Å²) in [5.74, 6) is -0.462. The highest BCUT2D eigenvalue weighted by Gasteiger charge is 2.29. The topological polar surface area (TPSA) is 83.6 Å². The molecule has 2 amide bonds. The predicted molar refractivity (Wildman–Crippen MR) is 114 cm³/mol. The second kappa shape index (κ2) is 8.16. The number of nitrogens with one attached hydrogen (secondary N) is 1. The average molecular weight is 435 g/mol. The maximum absolute atomic E-state index is 13.0. The van der Waals surface area contributed by atoms with Crippen LogP contribution in [0.15, 0.2) is 41.3 Å². The van der Waals surface area contributed by atoms with E-state index in [2.05, 4.69) is 5.32 Å². The lowest BCUT2D eigenvalue weighted by molar-refractivity contribution is -0.117. The fraction of sp³-hybridized carbons (Fsp3) is 0.333. The lowest BCUT2D eigenvalue weighted by atomic mass is 10.2. The van der Waals surface area contributed by atoms with Gasteiger partial charge >= 0.3 is 0 Å². The van der Waals surface area contributed by atoms with Gasteiger partial charge in [-0.1, -0.05) is 17.7 Å². The Balaban J connectivity index is 1.75. The minimum atomic E-state index is -3.69. The first kappa shape index (κ1) is 21.3. The maximum Gasteiger partial charge on any atom is 0.225 e. The third-order valence-corrected chi connectivity index (χ3v) is 7.75. The summed E-state index contributed by atoms with van der Waals surface area (Å²) in [5.41, 5.74) is 2.87. The predicted octanol–water partition coefficient (Wildman–Crippen LogP) is 3.75. The number of fused-ring (bicyclic) bond motifs is 1. The van der Waals surface area contributed by atoms with Crippen LogP contribution in [0, 0.1) is 6.92 Å². The summed E-state index contributed by atoms with van der Waals surface area (Å²) in [6.07, 6.45) is 0.437. The van der Waals surface area contributed by atoms with Crippen molar-refractivity contribution in [1.82, 2.24) is 0 Å². The van der Waals surface area contributed by atoms with Crippen LogP contribution in [-0.2, 0) is 25.8 Å². The zero-order chi connectivity index (χ0) is 21.3. The van der Waals surface area contributed by atoms with Gasteiger partial charge in [-0.3, -0.25) is 9.59 Å². The Kier molecular flexibility index (Phi) is 6.00. The van der Waals surface area contributed by atoms with E-state index in [9.17, 15) is 18.0 Å². The van der Waals surface area contributed by atoms with Gasteiger partial charge in [-0.2, -0.15) is 0 Å².